The van der Waals surface area contributed by atoms with Crippen molar-refractivity contribution in [3.63, 3.8) is 0 Å². The molecular weight excluding hydrogens is 459 g/mol. The van der Waals surface area contributed by atoms with Crippen molar-refractivity contribution in [3.8, 4) is 5.75 Å². The number of fused-ring (bicyclic) bond motifs is 2. The topological polar surface area (TPSA) is 105 Å². The van der Waals surface area contributed by atoms with Gasteiger partial charge in [-0.1, -0.05) is 23.8 Å². The standard InChI is InChI=1S/C24H28ClFN6O2/c1-32-8-6-16(7-9-32)34-19-5-4-15(11-17(19)25)29-24-28-12-18(26)23(31-24)30-21-14-3-2-13(10-14)20(21)22(27)33/h2-5,11-14,16,20-21H,6-10H2,1H3,(H2,27,33)(H2,28,29,30,31)/t13-,14+,20+,21-/m1/s1. The Hall–Kier alpha value is -2.91. The fourth-order valence-corrected chi connectivity index (χ4v) is 5.40. The Labute approximate surface area is 202 Å². The number of likely N-dealkylation sites (tertiary alicyclic amines) is 1. The summed E-state index contributed by atoms with van der Waals surface area (Å²) in [5, 5.41) is 6.63. The number of halogens is 2. The van der Waals surface area contributed by atoms with E-state index in [0.29, 0.717) is 16.5 Å². The predicted molar refractivity (Wildman–Crippen MR) is 129 cm³/mol. The molecule has 1 amide bonds. The van der Waals surface area contributed by atoms with Gasteiger partial charge in [0.15, 0.2) is 11.6 Å². The lowest BCUT2D eigenvalue weighted by molar-refractivity contribution is -0.122. The van der Waals surface area contributed by atoms with Crippen molar-refractivity contribution in [3.05, 3.63) is 47.4 Å². The number of carbonyl (C=O) groups excluding carboxylic acids is 1. The molecule has 1 saturated carbocycles. The van der Waals surface area contributed by atoms with Crippen LogP contribution >= 0.6 is 11.6 Å². The van der Waals surface area contributed by atoms with Gasteiger partial charge in [0.2, 0.25) is 11.9 Å². The van der Waals surface area contributed by atoms with Crippen LogP contribution in [-0.4, -0.2) is 53.1 Å². The van der Waals surface area contributed by atoms with Gasteiger partial charge in [0.05, 0.1) is 17.1 Å². The third kappa shape index (κ3) is 4.67. The van der Waals surface area contributed by atoms with Gasteiger partial charge in [0.25, 0.3) is 0 Å². The molecule has 34 heavy (non-hydrogen) atoms. The maximum Gasteiger partial charge on any atom is 0.229 e. The first-order valence-corrected chi connectivity index (χ1v) is 11.9. The maximum atomic E-state index is 14.5. The highest BCUT2D eigenvalue weighted by molar-refractivity contribution is 6.32. The van der Waals surface area contributed by atoms with Crippen molar-refractivity contribution in [2.75, 3.05) is 30.8 Å². The van der Waals surface area contributed by atoms with E-state index in [0.717, 1.165) is 38.5 Å². The number of nitrogens with zero attached hydrogens (tertiary/aromatic N) is 3. The van der Waals surface area contributed by atoms with Crippen LogP contribution in [0.3, 0.4) is 0 Å². The molecule has 1 aromatic carbocycles. The minimum atomic E-state index is -0.597. The quantitative estimate of drug-likeness (QED) is 0.514. The number of allylic oxidation sites excluding steroid dienone is 1. The number of nitrogens with one attached hydrogen (secondary N) is 2. The number of piperidine rings is 1. The van der Waals surface area contributed by atoms with Crippen molar-refractivity contribution < 1.29 is 13.9 Å². The number of amides is 1. The third-order valence-corrected chi connectivity index (χ3v) is 7.28. The van der Waals surface area contributed by atoms with Gasteiger partial charge in [-0.05, 0) is 56.3 Å². The molecule has 1 saturated heterocycles. The van der Waals surface area contributed by atoms with Gasteiger partial charge in [0.1, 0.15) is 11.9 Å². The second-order valence-corrected chi connectivity index (χ2v) is 9.73. The second kappa shape index (κ2) is 9.38. The van der Waals surface area contributed by atoms with Gasteiger partial charge in [-0.15, -0.1) is 0 Å². The van der Waals surface area contributed by atoms with Gasteiger partial charge in [-0.3, -0.25) is 4.79 Å². The smallest absolute Gasteiger partial charge is 0.229 e. The predicted octanol–water partition coefficient (Wildman–Crippen LogP) is 3.57. The number of primary amides is 1. The molecule has 1 aromatic heterocycles. The minimum absolute atomic E-state index is 0.0306. The molecule has 2 fully saturated rings. The van der Waals surface area contributed by atoms with Gasteiger partial charge >= 0.3 is 0 Å². The van der Waals surface area contributed by atoms with E-state index in [1.807, 2.05) is 18.2 Å². The van der Waals surface area contributed by atoms with Crippen LogP contribution in [0.5, 0.6) is 5.75 Å². The number of carbonyl (C=O) groups is 1. The van der Waals surface area contributed by atoms with Crippen molar-refractivity contribution in [1.29, 1.82) is 0 Å². The Balaban J connectivity index is 1.27. The lowest BCUT2D eigenvalue weighted by atomic mass is 9.88. The van der Waals surface area contributed by atoms with Crippen LogP contribution in [0.25, 0.3) is 0 Å². The molecule has 0 spiro atoms. The molecule has 4 N–H and O–H groups in total. The number of hydrogen-bond donors (Lipinski definition) is 3. The van der Waals surface area contributed by atoms with E-state index in [1.54, 1.807) is 6.07 Å². The lowest BCUT2D eigenvalue weighted by Crippen LogP contribution is -2.41. The zero-order valence-electron chi connectivity index (χ0n) is 18.9. The van der Waals surface area contributed by atoms with E-state index < -0.39 is 11.7 Å². The average Bonchev–Trinajstić information content (AvgIpc) is 3.41. The third-order valence-electron chi connectivity index (χ3n) is 6.98. The molecule has 180 valence electrons. The molecule has 3 aliphatic rings. The van der Waals surface area contributed by atoms with Crippen LogP contribution in [0, 0.1) is 23.6 Å². The average molecular weight is 487 g/mol. The Morgan fingerprint density at radius 2 is 2.03 bits per heavy atom. The molecular formula is C24H28ClFN6O2. The summed E-state index contributed by atoms with van der Waals surface area (Å²) >= 11 is 6.46. The zero-order valence-corrected chi connectivity index (χ0v) is 19.6. The van der Waals surface area contributed by atoms with Crippen LogP contribution in [0.2, 0.25) is 5.02 Å². The molecule has 4 atom stereocenters. The number of ether oxygens (including phenoxy) is 1. The van der Waals surface area contributed by atoms with Gasteiger partial charge < -0.3 is 26.0 Å². The van der Waals surface area contributed by atoms with Crippen LogP contribution in [0.4, 0.5) is 21.8 Å². The molecule has 8 nitrogen and oxygen atoms in total. The largest absolute Gasteiger partial charge is 0.489 e. The monoisotopic (exact) mass is 486 g/mol. The van der Waals surface area contributed by atoms with E-state index in [4.69, 9.17) is 22.1 Å². The second-order valence-electron chi connectivity index (χ2n) is 9.33. The van der Waals surface area contributed by atoms with Crippen LogP contribution in [0.1, 0.15) is 19.3 Å². The fraction of sp³-hybridized carbons (Fsp3) is 0.458. The first kappa shape index (κ1) is 22.9. The Morgan fingerprint density at radius 3 is 2.76 bits per heavy atom. The number of anilines is 3. The van der Waals surface area contributed by atoms with E-state index in [1.165, 1.54) is 0 Å². The number of rotatable bonds is 7. The van der Waals surface area contributed by atoms with Crippen LogP contribution in [-0.2, 0) is 4.79 Å². The summed E-state index contributed by atoms with van der Waals surface area (Å²) in [7, 11) is 2.10. The van der Waals surface area contributed by atoms with Gasteiger partial charge in [-0.25, -0.2) is 9.37 Å². The molecule has 0 unspecified atom stereocenters. The summed E-state index contributed by atoms with van der Waals surface area (Å²) in [6, 6.07) is 5.07. The van der Waals surface area contributed by atoms with E-state index >= 15 is 0 Å². The molecule has 5 rings (SSSR count). The highest BCUT2D eigenvalue weighted by Gasteiger charge is 2.47. The molecule has 10 heteroatoms. The zero-order chi connectivity index (χ0) is 23.8. The normalized spacial score (nSPS) is 26.6. The van der Waals surface area contributed by atoms with Crippen molar-refractivity contribution in [2.45, 2.75) is 31.4 Å². The molecule has 2 aliphatic carbocycles. The highest BCUT2D eigenvalue weighted by atomic mass is 35.5. The fourth-order valence-electron chi connectivity index (χ4n) is 5.18. The van der Waals surface area contributed by atoms with E-state index in [2.05, 4.69) is 38.6 Å². The Kier molecular flexibility index (Phi) is 6.31. The molecule has 2 aromatic rings. The van der Waals surface area contributed by atoms with E-state index in [9.17, 15) is 9.18 Å². The number of hydrogen-bond acceptors (Lipinski definition) is 7. The summed E-state index contributed by atoms with van der Waals surface area (Å²) in [6.45, 7) is 2.00. The van der Waals surface area contributed by atoms with Gasteiger partial charge in [0, 0.05) is 24.8 Å². The van der Waals surface area contributed by atoms with Gasteiger partial charge in [-0.2, -0.15) is 4.98 Å². The highest BCUT2D eigenvalue weighted by Crippen LogP contribution is 2.45. The SMILES string of the molecule is CN1CCC(Oc2ccc(Nc3ncc(F)c(N[C@H]4[C@@H](C(N)=O)[C@@H]5C=C[C@H]4C5)n3)cc2Cl)CC1. The molecule has 0 radical (unpaired) electrons. The van der Waals surface area contributed by atoms with E-state index in [-0.39, 0.29) is 41.7 Å². The van der Waals surface area contributed by atoms with Crippen molar-refractivity contribution >= 4 is 35.0 Å². The number of aromatic nitrogens is 2. The number of nitrogens with two attached hydrogens (primary N) is 1. The Morgan fingerprint density at radius 1 is 1.26 bits per heavy atom. The molecule has 1 aliphatic heterocycles. The molecule has 2 heterocycles. The lowest BCUT2D eigenvalue weighted by Gasteiger charge is -2.29. The number of benzene rings is 1. The summed E-state index contributed by atoms with van der Waals surface area (Å²) < 4.78 is 20.6. The summed E-state index contributed by atoms with van der Waals surface area (Å²) in [5.41, 5.74) is 6.26. The summed E-state index contributed by atoms with van der Waals surface area (Å²) in [6.07, 6.45) is 8.06. The first-order valence-electron chi connectivity index (χ1n) is 11.6. The van der Waals surface area contributed by atoms with Crippen molar-refractivity contribution in [2.24, 2.45) is 23.5 Å². The maximum absolute atomic E-state index is 14.5. The molecule has 2 bridgehead atoms. The minimum Gasteiger partial charge on any atom is -0.489 e. The Bertz CT molecular complexity index is 1110. The first-order chi connectivity index (χ1) is 16.4. The summed E-state index contributed by atoms with van der Waals surface area (Å²) in [4.78, 5) is 22.6. The summed E-state index contributed by atoms with van der Waals surface area (Å²) in [5.74, 6) is -0.312. The van der Waals surface area contributed by atoms with Crippen LogP contribution < -0.4 is 21.1 Å². The van der Waals surface area contributed by atoms with Crippen molar-refractivity contribution in [1.82, 2.24) is 14.9 Å². The van der Waals surface area contributed by atoms with Crippen LogP contribution in [0.15, 0.2) is 36.5 Å².